The summed E-state index contributed by atoms with van der Waals surface area (Å²) in [7, 11) is -7.42. The zero-order chi connectivity index (χ0) is 7.49. The van der Waals surface area contributed by atoms with Gasteiger partial charge in [0, 0.05) is 0 Å². The molecule has 0 saturated carbocycles. The van der Waals surface area contributed by atoms with Crippen LogP contribution in [0.3, 0.4) is 0 Å². The van der Waals surface area contributed by atoms with Crippen LogP contribution >= 0.6 is 11.6 Å². The van der Waals surface area contributed by atoms with Crippen molar-refractivity contribution < 1.29 is 20.5 Å². The number of thiol groups is 1. The van der Waals surface area contributed by atoms with Crippen molar-refractivity contribution in [2.24, 2.45) is 0 Å². The van der Waals surface area contributed by atoms with Gasteiger partial charge in [0.05, 0.1) is 0 Å². The second-order valence-electron chi connectivity index (χ2n) is 0.965. The summed E-state index contributed by atoms with van der Waals surface area (Å²) in [6.45, 7) is 0. The number of rotatable bonds is 3. The Hall–Kier alpha value is 0.150. The molecule has 56 valence electrons. The van der Waals surface area contributed by atoms with E-state index >= 15 is 0 Å². The zero-order valence-corrected chi connectivity index (χ0v) is 6.45. The van der Waals surface area contributed by atoms with Gasteiger partial charge in [-0.25, -0.2) is 8.42 Å². The van der Waals surface area contributed by atoms with Crippen LogP contribution < -0.4 is 0 Å². The molecule has 0 heterocycles. The summed E-state index contributed by atoms with van der Waals surface area (Å²) >= 11 is 4.76. The summed E-state index contributed by atoms with van der Waals surface area (Å²) in [6.07, 6.45) is 0. The minimum atomic E-state index is -4.05. The van der Waals surface area contributed by atoms with Crippen molar-refractivity contribution in [3.05, 3.63) is 0 Å². The van der Waals surface area contributed by atoms with Crippen molar-refractivity contribution in [3.63, 3.8) is 0 Å². The van der Waals surface area contributed by atoms with Crippen LogP contribution in [0.2, 0.25) is 0 Å². The molecule has 0 radical (unpaired) electrons. The molecule has 0 aromatic heterocycles. The highest BCUT2D eigenvalue weighted by atomic mass is 35.5. The molecule has 0 fully saturated rings. The van der Waals surface area contributed by atoms with E-state index in [1.165, 1.54) is 0 Å². The second-order valence-corrected chi connectivity index (χ2v) is 4.00. The molecule has 0 N–H and O–H groups in total. The molecule has 0 aliphatic rings. The standard InChI is InChI=1S/CH3ClO5S2/c2-1-9(5,6)7-8(3)4/h8H,1H2. The molecule has 0 unspecified atom stereocenters. The topological polar surface area (TPSA) is 77.5 Å². The largest absolute Gasteiger partial charge is 0.295 e. The van der Waals surface area contributed by atoms with Crippen molar-refractivity contribution in [3.8, 4) is 0 Å². The third-order valence-corrected chi connectivity index (χ3v) is 2.77. The highest BCUT2D eigenvalue weighted by molar-refractivity contribution is 7.94. The van der Waals surface area contributed by atoms with Crippen LogP contribution in [-0.2, 0) is 24.7 Å². The van der Waals surface area contributed by atoms with Gasteiger partial charge in [-0.15, -0.1) is 15.2 Å². The molecule has 5 nitrogen and oxygen atoms in total. The summed E-state index contributed by atoms with van der Waals surface area (Å²) in [4.78, 5) is 0. The molecule has 0 aliphatic carbocycles. The van der Waals surface area contributed by atoms with Crippen LogP contribution in [0.15, 0.2) is 0 Å². The van der Waals surface area contributed by atoms with Crippen LogP contribution in [-0.4, -0.2) is 22.0 Å². The fraction of sp³-hybridized carbons (Fsp3) is 1.00. The summed E-state index contributed by atoms with van der Waals surface area (Å²) in [5.74, 6) is 0. The molecule has 0 aromatic carbocycles. The number of halogens is 1. The normalized spacial score (nSPS) is 12.2. The maximum Gasteiger partial charge on any atom is 0.295 e. The monoisotopic (exact) mass is 194 g/mol. The molecule has 0 saturated heterocycles. The molecular weight excluding hydrogens is 192 g/mol. The van der Waals surface area contributed by atoms with E-state index in [1.807, 2.05) is 0 Å². The summed E-state index contributed by atoms with van der Waals surface area (Å²) < 4.78 is 42.6. The molecule has 0 amide bonds. The molecule has 0 rings (SSSR count). The van der Waals surface area contributed by atoms with E-state index in [0.717, 1.165) is 0 Å². The number of hydrogen-bond acceptors (Lipinski definition) is 5. The lowest BCUT2D eigenvalue weighted by Gasteiger charge is -1.88. The molecule has 0 aromatic rings. The quantitative estimate of drug-likeness (QED) is 0.463. The molecule has 8 heteroatoms. The maximum absolute atomic E-state index is 10.1. The van der Waals surface area contributed by atoms with E-state index in [9.17, 15) is 16.8 Å². The van der Waals surface area contributed by atoms with Gasteiger partial charge < -0.3 is 0 Å². The van der Waals surface area contributed by atoms with Gasteiger partial charge in [0.25, 0.3) is 21.1 Å². The predicted octanol–water partition coefficient (Wildman–Crippen LogP) is -0.944. The van der Waals surface area contributed by atoms with E-state index in [-0.39, 0.29) is 0 Å². The minimum Gasteiger partial charge on any atom is -0.201 e. The Morgan fingerprint density at radius 1 is 1.44 bits per heavy atom. The number of alkyl halides is 1. The molecule has 0 aliphatic heterocycles. The fourth-order valence-corrected chi connectivity index (χ4v) is 1.37. The first-order valence-electron chi connectivity index (χ1n) is 1.60. The average molecular weight is 195 g/mol. The van der Waals surface area contributed by atoms with Crippen molar-refractivity contribution in [2.75, 3.05) is 5.21 Å². The lowest BCUT2D eigenvalue weighted by Crippen LogP contribution is -2.04. The number of hydrogen-bond donors (Lipinski definition) is 1. The predicted molar refractivity (Wildman–Crippen MR) is 31.0 cm³/mol. The second kappa shape index (κ2) is 3.35. The highest BCUT2D eigenvalue weighted by Crippen LogP contribution is 1.94. The molecule has 0 bridgehead atoms. The van der Waals surface area contributed by atoms with Crippen LogP contribution in [0.1, 0.15) is 0 Å². The lowest BCUT2D eigenvalue weighted by molar-refractivity contribution is 0.481. The van der Waals surface area contributed by atoms with Crippen molar-refractivity contribution in [2.45, 2.75) is 0 Å². The third kappa shape index (κ3) is 4.64. The van der Waals surface area contributed by atoms with E-state index in [2.05, 4.69) is 3.63 Å². The Bertz CT molecular complexity index is 228. The first kappa shape index (κ1) is 9.15. The Morgan fingerprint density at radius 2 is 1.89 bits per heavy atom. The Kier molecular flexibility index (Phi) is 3.41. The average Bonchev–Trinajstić information content (AvgIpc) is 1.63. The molecular formula is CH3ClO5S2. The van der Waals surface area contributed by atoms with Crippen molar-refractivity contribution in [1.82, 2.24) is 0 Å². The highest BCUT2D eigenvalue weighted by Gasteiger charge is 2.08. The first-order valence-corrected chi connectivity index (χ1v) is 4.81. The van der Waals surface area contributed by atoms with Gasteiger partial charge >= 0.3 is 0 Å². The van der Waals surface area contributed by atoms with E-state index in [1.54, 1.807) is 0 Å². The summed E-state index contributed by atoms with van der Waals surface area (Å²) in [5.41, 5.74) is 0. The maximum atomic E-state index is 10.1. The summed E-state index contributed by atoms with van der Waals surface area (Å²) in [5, 5.41) is -0.865. The minimum absolute atomic E-state index is 0.865. The van der Waals surface area contributed by atoms with Crippen LogP contribution in [0, 0.1) is 0 Å². The van der Waals surface area contributed by atoms with E-state index < -0.39 is 26.3 Å². The van der Waals surface area contributed by atoms with Gasteiger partial charge in [0.2, 0.25) is 0 Å². The van der Waals surface area contributed by atoms with E-state index in [0.29, 0.717) is 0 Å². The van der Waals surface area contributed by atoms with Gasteiger partial charge in [-0.1, -0.05) is 0 Å². The Balaban J connectivity index is 4.23. The Morgan fingerprint density at radius 3 is 2.00 bits per heavy atom. The third-order valence-electron chi connectivity index (χ3n) is 0.308. The SMILES string of the molecule is O=[SH](=O)OS(=O)(=O)CCl. The summed E-state index contributed by atoms with van der Waals surface area (Å²) in [6, 6.07) is 0. The van der Waals surface area contributed by atoms with Crippen LogP contribution in [0.4, 0.5) is 0 Å². The van der Waals surface area contributed by atoms with Gasteiger partial charge in [-0.2, -0.15) is 8.42 Å². The molecule has 0 atom stereocenters. The van der Waals surface area contributed by atoms with Crippen molar-refractivity contribution >= 4 is 32.7 Å². The van der Waals surface area contributed by atoms with E-state index in [4.69, 9.17) is 11.6 Å². The molecule has 9 heavy (non-hydrogen) atoms. The van der Waals surface area contributed by atoms with Crippen LogP contribution in [0.5, 0.6) is 0 Å². The van der Waals surface area contributed by atoms with Gasteiger partial charge in [0.1, 0.15) is 0 Å². The smallest absolute Gasteiger partial charge is 0.201 e. The Labute approximate surface area is 58.9 Å². The lowest BCUT2D eigenvalue weighted by atomic mass is 11.9. The first-order chi connectivity index (χ1) is 3.98. The zero-order valence-electron chi connectivity index (χ0n) is 3.98. The fourth-order valence-electron chi connectivity index (χ4n) is 0.113. The van der Waals surface area contributed by atoms with Crippen molar-refractivity contribution in [1.29, 1.82) is 0 Å². The van der Waals surface area contributed by atoms with Gasteiger partial charge in [0.15, 0.2) is 5.21 Å². The van der Waals surface area contributed by atoms with Gasteiger partial charge in [-0.3, -0.25) is 0 Å². The van der Waals surface area contributed by atoms with Gasteiger partial charge in [-0.05, 0) is 0 Å². The van der Waals surface area contributed by atoms with Crippen LogP contribution in [0.25, 0.3) is 0 Å². The molecule has 0 spiro atoms.